The highest BCUT2D eigenvalue weighted by molar-refractivity contribution is 5.99. The standard InChI is InChI=1S/C28H37N3O4/c1-16-13-17(2)29-26(32)22(16)15-31-12-11-19-14-23-25(18(3)24(19)27(31)33)35-28(4,34-23)20-7-9-21(10-8-20)30(5)6/h13-14,20-21H,7-12,15H2,1-6H3,(H,29,32)/t20?,21?,28-/m0/s1. The molecule has 3 heterocycles. The van der Waals surface area contributed by atoms with Gasteiger partial charge in [-0.05, 0) is 90.2 Å². The molecule has 0 saturated heterocycles. The van der Waals surface area contributed by atoms with Gasteiger partial charge in [0.1, 0.15) is 0 Å². The highest BCUT2D eigenvalue weighted by atomic mass is 16.7. The summed E-state index contributed by atoms with van der Waals surface area (Å²) in [6.07, 6.45) is 5.12. The Morgan fingerprint density at radius 2 is 1.80 bits per heavy atom. The van der Waals surface area contributed by atoms with Crippen LogP contribution in [0, 0.1) is 26.7 Å². The molecule has 5 rings (SSSR count). The lowest BCUT2D eigenvalue weighted by molar-refractivity contribution is -0.123. The predicted octanol–water partition coefficient (Wildman–Crippen LogP) is 4.11. The zero-order chi connectivity index (χ0) is 25.1. The largest absolute Gasteiger partial charge is 0.448 e. The number of ether oxygens (including phenoxy) is 2. The van der Waals surface area contributed by atoms with E-state index in [1.54, 1.807) is 4.90 Å². The van der Waals surface area contributed by atoms with Crippen LogP contribution >= 0.6 is 0 Å². The van der Waals surface area contributed by atoms with Crippen molar-refractivity contribution in [3.63, 3.8) is 0 Å². The number of amides is 1. The molecule has 1 N–H and O–H groups in total. The summed E-state index contributed by atoms with van der Waals surface area (Å²) in [6.45, 7) is 8.68. The number of nitrogens with one attached hydrogen (secondary N) is 1. The first-order valence-corrected chi connectivity index (χ1v) is 12.8. The number of aromatic amines is 1. The number of H-pyrrole nitrogens is 1. The Kier molecular flexibility index (Phi) is 5.94. The molecule has 1 saturated carbocycles. The quantitative estimate of drug-likeness (QED) is 0.715. The molecule has 7 nitrogen and oxygen atoms in total. The van der Waals surface area contributed by atoms with Crippen LogP contribution in [-0.2, 0) is 13.0 Å². The normalized spacial score (nSPS) is 25.8. The third-order valence-corrected chi connectivity index (χ3v) is 8.35. The van der Waals surface area contributed by atoms with Gasteiger partial charge in [0.2, 0.25) is 0 Å². The van der Waals surface area contributed by atoms with Crippen LogP contribution in [-0.4, -0.2) is 53.2 Å². The smallest absolute Gasteiger partial charge is 0.254 e. The molecular formula is C28H37N3O4. The van der Waals surface area contributed by atoms with Crippen LogP contribution in [0.25, 0.3) is 0 Å². The average molecular weight is 480 g/mol. The zero-order valence-electron chi connectivity index (χ0n) is 21.8. The lowest BCUT2D eigenvalue weighted by Gasteiger charge is -2.39. The van der Waals surface area contributed by atoms with Crippen molar-refractivity contribution in [1.29, 1.82) is 0 Å². The molecule has 0 unspecified atom stereocenters. The van der Waals surface area contributed by atoms with Crippen molar-refractivity contribution in [2.45, 2.75) is 78.2 Å². The van der Waals surface area contributed by atoms with E-state index in [-0.39, 0.29) is 11.5 Å². The van der Waals surface area contributed by atoms with Crippen LogP contribution in [0.5, 0.6) is 11.5 Å². The van der Waals surface area contributed by atoms with Gasteiger partial charge in [0.05, 0.1) is 6.54 Å². The Morgan fingerprint density at radius 3 is 2.46 bits per heavy atom. The van der Waals surface area contributed by atoms with Gasteiger partial charge in [0.25, 0.3) is 17.3 Å². The molecule has 1 amide bonds. The third-order valence-electron chi connectivity index (χ3n) is 8.35. The van der Waals surface area contributed by atoms with Gasteiger partial charge in [-0.25, -0.2) is 0 Å². The van der Waals surface area contributed by atoms with E-state index < -0.39 is 5.79 Å². The maximum Gasteiger partial charge on any atom is 0.254 e. The number of hydrogen-bond acceptors (Lipinski definition) is 5. The van der Waals surface area contributed by atoms with Crippen LogP contribution < -0.4 is 15.0 Å². The molecule has 2 aromatic rings. The second-order valence-electron chi connectivity index (χ2n) is 11.0. The Balaban J connectivity index is 1.38. The fraction of sp³-hybridized carbons (Fsp3) is 0.571. The minimum absolute atomic E-state index is 0.0466. The second kappa shape index (κ2) is 8.70. The number of pyridine rings is 1. The summed E-state index contributed by atoms with van der Waals surface area (Å²) in [5.41, 5.74) is 4.80. The second-order valence-corrected chi connectivity index (χ2v) is 11.0. The first-order valence-electron chi connectivity index (χ1n) is 12.8. The van der Waals surface area contributed by atoms with Crippen molar-refractivity contribution in [1.82, 2.24) is 14.8 Å². The summed E-state index contributed by atoms with van der Waals surface area (Å²) in [7, 11) is 4.30. The average Bonchev–Trinajstić information content (AvgIpc) is 3.15. The maximum atomic E-state index is 13.6. The lowest BCUT2D eigenvalue weighted by atomic mass is 9.81. The van der Waals surface area contributed by atoms with Crippen molar-refractivity contribution < 1.29 is 14.3 Å². The van der Waals surface area contributed by atoms with Crippen LogP contribution in [0.2, 0.25) is 0 Å². The summed E-state index contributed by atoms with van der Waals surface area (Å²) in [5, 5.41) is 0. The third kappa shape index (κ3) is 4.14. The molecule has 2 aliphatic heterocycles. The molecule has 1 aromatic carbocycles. The zero-order valence-corrected chi connectivity index (χ0v) is 21.8. The van der Waals surface area contributed by atoms with E-state index >= 15 is 0 Å². The molecule has 1 aromatic heterocycles. The number of rotatable bonds is 4. The highest BCUT2D eigenvalue weighted by Gasteiger charge is 2.47. The fourth-order valence-corrected chi connectivity index (χ4v) is 6.19. The van der Waals surface area contributed by atoms with E-state index in [2.05, 4.69) is 24.0 Å². The minimum Gasteiger partial charge on any atom is -0.448 e. The fourth-order valence-electron chi connectivity index (χ4n) is 6.19. The molecule has 1 fully saturated rings. The summed E-state index contributed by atoms with van der Waals surface area (Å²) >= 11 is 0. The van der Waals surface area contributed by atoms with Gasteiger partial charge in [-0.1, -0.05) is 0 Å². The van der Waals surface area contributed by atoms with E-state index in [0.29, 0.717) is 41.9 Å². The number of aryl methyl sites for hydroxylation is 2. The van der Waals surface area contributed by atoms with Crippen molar-refractivity contribution in [3.05, 3.63) is 56.0 Å². The molecule has 7 heteroatoms. The number of benzene rings is 1. The van der Waals surface area contributed by atoms with Gasteiger partial charge in [-0.15, -0.1) is 0 Å². The minimum atomic E-state index is -0.705. The first kappa shape index (κ1) is 23.9. The highest BCUT2D eigenvalue weighted by Crippen LogP contribution is 2.50. The van der Waals surface area contributed by atoms with Crippen LogP contribution in [0.1, 0.15) is 70.9 Å². The summed E-state index contributed by atoms with van der Waals surface area (Å²) in [5.74, 6) is 1.01. The molecular weight excluding hydrogens is 442 g/mol. The van der Waals surface area contributed by atoms with Crippen molar-refractivity contribution in [2.24, 2.45) is 5.92 Å². The Bertz CT molecular complexity index is 1230. The van der Waals surface area contributed by atoms with Crippen LogP contribution in [0.4, 0.5) is 0 Å². The topological polar surface area (TPSA) is 74.9 Å². The van der Waals surface area contributed by atoms with E-state index in [4.69, 9.17) is 9.47 Å². The Labute approximate surface area is 207 Å². The van der Waals surface area contributed by atoms with Gasteiger partial charge < -0.3 is 24.3 Å². The Morgan fingerprint density at radius 1 is 1.09 bits per heavy atom. The molecule has 0 spiro atoms. The SMILES string of the molecule is Cc1cc(C)c(CN2CCc3cc4c(c(C)c3C2=O)O[C@@](C)(C2CCC(N(C)C)CC2)O4)c(=O)[nH]1. The molecule has 1 aliphatic carbocycles. The van der Waals surface area contributed by atoms with E-state index in [1.807, 2.05) is 39.8 Å². The van der Waals surface area contributed by atoms with E-state index in [0.717, 1.165) is 60.2 Å². The molecule has 1 atom stereocenters. The maximum absolute atomic E-state index is 13.6. The van der Waals surface area contributed by atoms with Crippen LogP contribution in [0.15, 0.2) is 16.9 Å². The summed E-state index contributed by atoms with van der Waals surface area (Å²) in [4.78, 5) is 33.1. The van der Waals surface area contributed by atoms with Crippen molar-refractivity contribution in [2.75, 3.05) is 20.6 Å². The summed E-state index contributed by atoms with van der Waals surface area (Å²) in [6, 6.07) is 4.57. The molecule has 3 aliphatic rings. The van der Waals surface area contributed by atoms with Gasteiger partial charge in [-0.2, -0.15) is 0 Å². The molecule has 35 heavy (non-hydrogen) atoms. The van der Waals surface area contributed by atoms with E-state index in [1.165, 1.54) is 0 Å². The van der Waals surface area contributed by atoms with Gasteiger partial charge in [0.15, 0.2) is 11.5 Å². The van der Waals surface area contributed by atoms with Crippen molar-refractivity contribution in [3.8, 4) is 11.5 Å². The monoisotopic (exact) mass is 479 g/mol. The number of carbonyl (C=O) groups is 1. The van der Waals surface area contributed by atoms with Gasteiger partial charge >= 0.3 is 0 Å². The van der Waals surface area contributed by atoms with Crippen molar-refractivity contribution >= 4 is 5.91 Å². The molecule has 0 bridgehead atoms. The lowest BCUT2D eigenvalue weighted by Crippen LogP contribution is -2.46. The predicted molar refractivity (Wildman–Crippen MR) is 135 cm³/mol. The number of hydrogen-bond donors (Lipinski definition) is 1. The molecule has 0 radical (unpaired) electrons. The Hall–Kier alpha value is -2.80. The van der Waals surface area contributed by atoms with E-state index in [9.17, 15) is 9.59 Å². The van der Waals surface area contributed by atoms with Gasteiger partial charge in [0, 0.05) is 47.8 Å². The number of fused-ring (bicyclic) bond motifs is 2. The van der Waals surface area contributed by atoms with Crippen LogP contribution in [0.3, 0.4) is 0 Å². The number of aromatic nitrogens is 1. The number of carbonyl (C=O) groups excluding carboxylic acids is 1. The first-order chi connectivity index (χ1) is 16.6. The summed E-state index contributed by atoms with van der Waals surface area (Å²) < 4.78 is 13.0. The molecule has 188 valence electrons. The van der Waals surface area contributed by atoms with Gasteiger partial charge in [-0.3, -0.25) is 9.59 Å². The number of nitrogens with zero attached hydrogens (tertiary/aromatic N) is 2.